The van der Waals surface area contributed by atoms with Crippen LogP contribution in [-0.4, -0.2) is 18.1 Å². The van der Waals surface area contributed by atoms with Gasteiger partial charge in [0, 0.05) is 5.69 Å². The Morgan fingerprint density at radius 3 is 2.62 bits per heavy atom. The number of nitrogens with one attached hydrogen (secondary N) is 1. The minimum atomic E-state index is -0.434. The molecule has 0 saturated carbocycles. The van der Waals surface area contributed by atoms with Crippen molar-refractivity contribution >= 4 is 11.8 Å². The number of ether oxygens (including phenoxy) is 1. The van der Waals surface area contributed by atoms with Crippen molar-refractivity contribution in [2.24, 2.45) is 0 Å². The van der Waals surface area contributed by atoms with Gasteiger partial charge in [0.05, 0.1) is 7.11 Å². The van der Waals surface area contributed by atoms with Crippen LogP contribution in [0.4, 0.5) is 5.82 Å². The number of hydrogen-bond donors (Lipinski definition) is 2. The number of aromatic nitrogens is 1. The molecule has 4 heteroatoms. The van der Waals surface area contributed by atoms with E-state index in [4.69, 9.17) is 5.73 Å². The van der Waals surface area contributed by atoms with Crippen LogP contribution in [-0.2, 0) is 4.74 Å². The molecule has 1 aromatic carbocycles. The fraction of sp³-hybridized carbons (Fsp3) is 0.0833. The predicted octanol–water partition coefficient (Wildman–Crippen LogP) is 2.05. The minimum Gasteiger partial charge on any atom is -0.465 e. The third kappa shape index (κ3) is 1.77. The van der Waals surface area contributed by atoms with E-state index in [2.05, 4.69) is 9.72 Å². The van der Waals surface area contributed by atoms with Gasteiger partial charge in [0.1, 0.15) is 11.4 Å². The first-order chi connectivity index (χ1) is 7.72. The average molecular weight is 216 g/mol. The maximum atomic E-state index is 11.4. The van der Waals surface area contributed by atoms with Crippen LogP contribution >= 0.6 is 0 Å². The highest BCUT2D eigenvalue weighted by atomic mass is 16.5. The fourth-order valence-corrected chi connectivity index (χ4v) is 1.52. The molecule has 3 N–H and O–H groups in total. The summed E-state index contributed by atoms with van der Waals surface area (Å²) in [4.78, 5) is 14.3. The first-order valence-corrected chi connectivity index (χ1v) is 4.84. The van der Waals surface area contributed by atoms with Crippen LogP contribution in [0.5, 0.6) is 0 Å². The maximum Gasteiger partial charge on any atom is 0.341 e. The number of carbonyl (C=O) groups is 1. The Hall–Kier alpha value is -2.23. The van der Waals surface area contributed by atoms with Crippen molar-refractivity contribution in [3.8, 4) is 11.3 Å². The van der Waals surface area contributed by atoms with Crippen LogP contribution in [0.15, 0.2) is 36.4 Å². The summed E-state index contributed by atoms with van der Waals surface area (Å²) in [6, 6.07) is 11.3. The molecule has 0 aliphatic rings. The molecule has 0 atom stereocenters. The first-order valence-electron chi connectivity index (χ1n) is 4.84. The van der Waals surface area contributed by atoms with E-state index in [0.717, 1.165) is 11.3 Å². The summed E-state index contributed by atoms with van der Waals surface area (Å²) in [5.74, 6) is -0.110. The summed E-state index contributed by atoms with van der Waals surface area (Å²) in [5.41, 5.74) is 7.84. The molecule has 0 saturated heterocycles. The number of nitrogens with two attached hydrogens (primary N) is 1. The SMILES string of the molecule is COC(=O)c1cc(-c2ccccc2)[nH]c1N. The van der Waals surface area contributed by atoms with Crippen LogP contribution in [0.2, 0.25) is 0 Å². The third-order valence-electron chi connectivity index (χ3n) is 2.34. The number of H-pyrrole nitrogens is 1. The quantitative estimate of drug-likeness (QED) is 0.755. The van der Waals surface area contributed by atoms with Gasteiger partial charge in [0.15, 0.2) is 0 Å². The van der Waals surface area contributed by atoms with Gasteiger partial charge in [0.2, 0.25) is 0 Å². The number of methoxy groups -OCH3 is 1. The zero-order chi connectivity index (χ0) is 11.5. The fourth-order valence-electron chi connectivity index (χ4n) is 1.52. The molecule has 0 unspecified atom stereocenters. The number of carbonyl (C=O) groups excluding carboxylic acids is 1. The van der Waals surface area contributed by atoms with Gasteiger partial charge < -0.3 is 15.5 Å². The van der Waals surface area contributed by atoms with E-state index >= 15 is 0 Å². The number of rotatable bonds is 2. The van der Waals surface area contributed by atoms with Gasteiger partial charge in [-0.2, -0.15) is 0 Å². The van der Waals surface area contributed by atoms with Gasteiger partial charge in [-0.1, -0.05) is 30.3 Å². The molecule has 2 rings (SSSR count). The molecular formula is C12H12N2O2. The lowest BCUT2D eigenvalue weighted by molar-refractivity contribution is 0.0602. The van der Waals surface area contributed by atoms with E-state index in [-0.39, 0.29) is 0 Å². The summed E-state index contributed by atoms with van der Waals surface area (Å²) in [6.07, 6.45) is 0. The number of hydrogen-bond acceptors (Lipinski definition) is 3. The van der Waals surface area contributed by atoms with Crippen molar-refractivity contribution in [3.05, 3.63) is 42.0 Å². The Labute approximate surface area is 93.0 Å². The molecule has 0 aliphatic carbocycles. The largest absolute Gasteiger partial charge is 0.465 e. The van der Waals surface area contributed by atoms with Crippen molar-refractivity contribution in [1.82, 2.24) is 4.98 Å². The molecule has 4 nitrogen and oxygen atoms in total. The van der Waals surface area contributed by atoms with Gasteiger partial charge in [0.25, 0.3) is 0 Å². The zero-order valence-electron chi connectivity index (χ0n) is 8.86. The Morgan fingerprint density at radius 1 is 1.31 bits per heavy atom. The van der Waals surface area contributed by atoms with E-state index in [1.54, 1.807) is 6.07 Å². The summed E-state index contributed by atoms with van der Waals surface area (Å²) >= 11 is 0. The molecule has 1 heterocycles. The lowest BCUT2D eigenvalue weighted by Crippen LogP contribution is -2.02. The molecule has 0 bridgehead atoms. The molecule has 0 aliphatic heterocycles. The Balaban J connectivity index is 2.42. The number of benzene rings is 1. The van der Waals surface area contributed by atoms with Gasteiger partial charge >= 0.3 is 5.97 Å². The highest BCUT2D eigenvalue weighted by Crippen LogP contribution is 2.23. The zero-order valence-corrected chi connectivity index (χ0v) is 8.86. The highest BCUT2D eigenvalue weighted by Gasteiger charge is 2.14. The summed E-state index contributed by atoms with van der Waals surface area (Å²) in [7, 11) is 1.33. The molecule has 2 aromatic rings. The van der Waals surface area contributed by atoms with Crippen molar-refractivity contribution < 1.29 is 9.53 Å². The second-order valence-electron chi connectivity index (χ2n) is 3.37. The summed E-state index contributed by atoms with van der Waals surface area (Å²) in [5, 5.41) is 0. The number of anilines is 1. The second kappa shape index (κ2) is 4.10. The molecule has 0 fully saturated rings. The molecule has 16 heavy (non-hydrogen) atoms. The molecule has 82 valence electrons. The molecule has 0 radical (unpaired) electrons. The Bertz CT molecular complexity index is 503. The van der Waals surface area contributed by atoms with Gasteiger partial charge in [-0.25, -0.2) is 4.79 Å². The van der Waals surface area contributed by atoms with E-state index in [9.17, 15) is 4.79 Å². The normalized spacial score (nSPS) is 10.1. The van der Waals surface area contributed by atoms with Crippen LogP contribution in [0, 0.1) is 0 Å². The standard InChI is InChI=1S/C12H12N2O2/c1-16-12(15)9-7-10(14-11(9)13)8-5-3-2-4-6-8/h2-7,14H,13H2,1H3. The molecular weight excluding hydrogens is 204 g/mol. The average Bonchev–Trinajstić information content (AvgIpc) is 2.71. The third-order valence-corrected chi connectivity index (χ3v) is 2.34. The Kier molecular flexibility index (Phi) is 2.64. The maximum absolute atomic E-state index is 11.4. The topological polar surface area (TPSA) is 68.1 Å². The van der Waals surface area contributed by atoms with Crippen LogP contribution in [0.25, 0.3) is 11.3 Å². The minimum absolute atomic E-state index is 0.325. The predicted molar refractivity (Wildman–Crippen MR) is 62.0 cm³/mol. The van der Waals surface area contributed by atoms with Gasteiger partial charge in [-0.3, -0.25) is 0 Å². The lowest BCUT2D eigenvalue weighted by Gasteiger charge is -1.95. The first kappa shape index (κ1) is 10.3. The number of nitrogen functional groups attached to an aromatic ring is 1. The lowest BCUT2D eigenvalue weighted by atomic mass is 10.1. The number of aromatic amines is 1. The van der Waals surface area contributed by atoms with E-state index in [1.807, 2.05) is 30.3 Å². The van der Waals surface area contributed by atoms with Crippen molar-refractivity contribution in [2.75, 3.05) is 12.8 Å². The molecule has 1 aromatic heterocycles. The van der Waals surface area contributed by atoms with E-state index in [0.29, 0.717) is 11.4 Å². The van der Waals surface area contributed by atoms with Crippen LogP contribution in [0.3, 0.4) is 0 Å². The highest BCUT2D eigenvalue weighted by molar-refractivity contribution is 5.96. The van der Waals surface area contributed by atoms with Crippen LogP contribution in [0.1, 0.15) is 10.4 Å². The van der Waals surface area contributed by atoms with E-state index in [1.165, 1.54) is 7.11 Å². The van der Waals surface area contributed by atoms with Crippen molar-refractivity contribution in [3.63, 3.8) is 0 Å². The van der Waals surface area contributed by atoms with Crippen molar-refractivity contribution in [2.45, 2.75) is 0 Å². The van der Waals surface area contributed by atoms with E-state index < -0.39 is 5.97 Å². The monoisotopic (exact) mass is 216 g/mol. The smallest absolute Gasteiger partial charge is 0.341 e. The summed E-state index contributed by atoms with van der Waals surface area (Å²) < 4.78 is 4.63. The van der Waals surface area contributed by atoms with Crippen LogP contribution < -0.4 is 5.73 Å². The summed E-state index contributed by atoms with van der Waals surface area (Å²) in [6.45, 7) is 0. The second-order valence-corrected chi connectivity index (χ2v) is 3.37. The number of esters is 1. The molecule has 0 amide bonds. The Morgan fingerprint density at radius 2 is 2.00 bits per heavy atom. The van der Waals surface area contributed by atoms with Crippen molar-refractivity contribution in [1.29, 1.82) is 0 Å². The van der Waals surface area contributed by atoms with Gasteiger partial charge in [-0.05, 0) is 11.6 Å². The van der Waals surface area contributed by atoms with Gasteiger partial charge in [-0.15, -0.1) is 0 Å². The molecule has 0 spiro atoms.